The van der Waals surface area contributed by atoms with Crippen LogP contribution >= 0.6 is 0 Å². The van der Waals surface area contributed by atoms with Crippen LogP contribution < -0.4 is 19.6 Å². The van der Waals surface area contributed by atoms with Crippen LogP contribution in [0.1, 0.15) is 16.7 Å². The fourth-order valence-corrected chi connectivity index (χ4v) is 21.0. The number of benzene rings is 18. The molecule has 26 rings (SSSR count). The number of aryl methyl sites for hydroxylation is 1. The van der Waals surface area contributed by atoms with Crippen LogP contribution in [-0.4, -0.2) is 17.6 Å². The van der Waals surface area contributed by atoms with Crippen molar-refractivity contribution in [3.63, 3.8) is 0 Å². The van der Waals surface area contributed by atoms with Gasteiger partial charge in [0.2, 0.25) is 0 Å². The third-order valence-electron chi connectivity index (χ3n) is 25.7. The molecule has 8 heterocycles. The van der Waals surface area contributed by atoms with Gasteiger partial charge in [0.25, 0.3) is 0 Å². The van der Waals surface area contributed by atoms with E-state index in [-0.39, 0.29) is 0 Å². The van der Waals surface area contributed by atoms with Crippen molar-refractivity contribution in [2.45, 2.75) is 13.3 Å². The fraction of sp³-hybridized carbons (Fsp3) is 0.0182. The Kier molecular flexibility index (Phi) is 13.6. The lowest BCUT2D eigenvalue weighted by molar-refractivity contribution is 1.15. The number of rotatable bonds is 14. The van der Waals surface area contributed by atoms with E-state index in [0.29, 0.717) is 6.42 Å². The van der Waals surface area contributed by atoms with Crippen LogP contribution in [-0.2, 0) is 6.42 Å². The molecular weight excluding hydrogens is 1430 g/mol. The molecule has 0 bridgehead atoms. The Morgan fingerprint density at radius 2 is 0.466 bits per heavy atom. The molecule has 0 aliphatic carbocycles. The Bertz CT molecular complexity index is 8520. The molecular formula is C110H70N8. The lowest BCUT2D eigenvalue weighted by atomic mass is 9.99. The number of aromatic nitrogens is 4. The van der Waals surface area contributed by atoms with Gasteiger partial charge in [-0.3, -0.25) is 0 Å². The molecule has 0 N–H and O–H groups in total. The molecule has 550 valence electrons. The minimum atomic E-state index is 0.676. The number of anilines is 12. The van der Waals surface area contributed by atoms with Gasteiger partial charge >= 0.3 is 0 Å². The first-order valence-electron chi connectivity index (χ1n) is 40.9. The molecule has 0 amide bonds. The maximum absolute atomic E-state index is 2.57. The Balaban J connectivity index is 0.615. The van der Waals surface area contributed by atoms with E-state index in [1.807, 2.05) is 0 Å². The molecule has 0 spiro atoms. The summed E-state index contributed by atoms with van der Waals surface area (Å²) in [6.07, 6.45) is 0.676. The number of para-hydroxylation sites is 11. The molecule has 0 atom stereocenters. The van der Waals surface area contributed by atoms with Gasteiger partial charge in [0.05, 0.1) is 88.9 Å². The van der Waals surface area contributed by atoms with Crippen LogP contribution in [0.2, 0.25) is 0 Å². The van der Waals surface area contributed by atoms with E-state index < -0.39 is 0 Å². The van der Waals surface area contributed by atoms with Gasteiger partial charge in [-0.2, -0.15) is 0 Å². The van der Waals surface area contributed by atoms with E-state index in [0.717, 1.165) is 68.2 Å². The van der Waals surface area contributed by atoms with Gasteiger partial charge in [0.1, 0.15) is 0 Å². The summed E-state index contributed by atoms with van der Waals surface area (Å²) in [6, 6.07) is 147. The SMILES string of the molecule is Cc1ccccc1N(c1ccccc1)c1ccc2c3cc4c(cc3n3c5ccccc5c1c23)c1ccc(N(c2ccccc2)c2ccccc2Cc2cccc(N(c3ccccc3)c3ccc5c6cc7c(cc6n6c8ccccc8c3c56)c3ccc(N(c5ccccc5)c5ccccc5)c5c6ccccc6n7c35)c2)c2c3ccccc3n4c12. The summed E-state index contributed by atoms with van der Waals surface area (Å²) in [7, 11) is 0. The first kappa shape index (κ1) is 64.8. The monoisotopic (exact) mass is 1500 g/mol. The summed E-state index contributed by atoms with van der Waals surface area (Å²) in [5.74, 6) is 0. The standard InChI is InChI=1S/C110H70N8/c1-68-30-17-23-48-89(68)113(74-39-13-5-14-40-74)97-60-56-79-87-66-102-88(67-101(87)117-93-52-27-21-46-83(93)105(97)109(79)117)80-57-61-98(106-84-47-22-28-53-94(84)118(102)110(80)106)114(75-41-15-6-16-42-75)90-49-24-18-32-70(90)62-69-31-29-43-76(63-69)112(73-37-11-4-12-38-73)96-59-55-78-86-65-99-85(64-100(86)116-92-51-26-20-45-82(92)104(96)108(78)116)77-54-58-95(103-81-44-19-25-50-91(81)115(99)107(77)103)111(71-33-7-2-8-34-71)72-35-9-3-10-36-72/h2-61,63-67H,62H2,1H3. The van der Waals surface area contributed by atoms with E-state index in [1.54, 1.807) is 0 Å². The number of fused-ring (bicyclic) bond motifs is 24. The molecule has 8 aromatic heterocycles. The van der Waals surface area contributed by atoms with Crippen LogP contribution in [0.25, 0.3) is 152 Å². The van der Waals surface area contributed by atoms with Crippen molar-refractivity contribution in [1.82, 2.24) is 17.6 Å². The molecule has 118 heavy (non-hydrogen) atoms. The van der Waals surface area contributed by atoms with Gasteiger partial charge in [-0.25, -0.2) is 0 Å². The van der Waals surface area contributed by atoms with E-state index in [2.05, 4.69) is 438 Å². The first-order chi connectivity index (χ1) is 58.5. The Hall–Kier alpha value is -15.6. The largest absolute Gasteiger partial charge is 0.310 e. The second kappa shape index (κ2) is 24.7. The summed E-state index contributed by atoms with van der Waals surface area (Å²) < 4.78 is 10.2. The Labute approximate surface area is 677 Å². The third-order valence-corrected chi connectivity index (χ3v) is 25.7. The molecule has 26 aromatic rings. The van der Waals surface area contributed by atoms with Crippen LogP contribution in [0.15, 0.2) is 394 Å². The third kappa shape index (κ3) is 8.97. The molecule has 0 aliphatic rings. The van der Waals surface area contributed by atoms with Crippen molar-refractivity contribution in [3.8, 4) is 0 Å². The average molecular weight is 1500 g/mol. The summed E-state index contributed by atoms with van der Waals surface area (Å²) in [5.41, 5.74) is 31.6. The zero-order chi connectivity index (χ0) is 77.1. The lowest BCUT2D eigenvalue weighted by Gasteiger charge is -2.29. The lowest BCUT2D eigenvalue weighted by Crippen LogP contribution is -2.13. The van der Waals surface area contributed by atoms with Gasteiger partial charge in [-0.05, 0) is 188 Å². The molecule has 0 unspecified atom stereocenters. The predicted molar refractivity (Wildman–Crippen MR) is 498 cm³/mol. The zero-order valence-corrected chi connectivity index (χ0v) is 64.3. The molecule has 8 heteroatoms. The summed E-state index contributed by atoms with van der Waals surface area (Å²) in [5, 5.41) is 19.7. The number of nitrogens with zero attached hydrogens (tertiary/aromatic N) is 8. The van der Waals surface area contributed by atoms with Gasteiger partial charge in [-0.15, -0.1) is 0 Å². The maximum atomic E-state index is 2.57. The van der Waals surface area contributed by atoms with Crippen LogP contribution in [0.3, 0.4) is 0 Å². The minimum Gasteiger partial charge on any atom is -0.310 e. The highest BCUT2D eigenvalue weighted by Crippen LogP contribution is 2.56. The van der Waals surface area contributed by atoms with Gasteiger partial charge in [0, 0.05) is 132 Å². The molecule has 0 saturated carbocycles. The van der Waals surface area contributed by atoms with Crippen molar-refractivity contribution in [3.05, 3.63) is 411 Å². The molecule has 0 aliphatic heterocycles. The Morgan fingerprint density at radius 1 is 0.186 bits per heavy atom. The zero-order valence-electron chi connectivity index (χ0n) is 64.3. The highest BCUT2D eigenvalue weighted by Gasteiger charge is 2.32. The van der Waals surface area contributed by atoms with E-state index in [4.69, 9.17) is 0 Å². The topological polar surface area (TPSA) is 30.6 Å². The fourth-order valence-electron chi connectivity index (χ4n) is 21.0. The first-order valence-corrected chi connectivity index (χ1v) is 40.9. The summed E-state index contributed by atoms with van der Waals surface area (Å²) in [6.45, 7) is 2.22. The van der Waals surface area contributed by atoms with Crippen LogP contribution in [0.4, 0.5) is 68.2 Å². The molecule has 0 fully saturated rings. The van der Waals surface area contributed by atoms with Crippen molar-refractivity contribution < 1.29 is 0 Å². The van der Waals surface area contributed by atoms with Gasteiger partial charge in [0.15, 0.2) is 0 Å². The van der Waals surface area contributed by atoms with Gasteiger partial charge in [-0.1, -0.05) is 237 Å². The van der Waals surface area contributed by atoms with Crippen molar-refractivity contribution in [1.29, 1.82) is 0 Å². The average Bonchev–Trinajstić information content (AvgIpc) is 1.51. The quantitative estimate of drug-likeness (QED) is 0.109. The smallest absolute Gasteiger partial charge is 0.0641 e. The van der Waals surface area contributed by atoms with Crippen molar-refractivity contribution in [2.24, 2.45) is 0 Å². The number of hydrogen-bond acceptors (Lipinski definition) is 4. The molecule has 8 nitrogen and oxygen atoms in total. The molecule has 0 saturated heterocycles. The normalized spacial score (nSPS) is 12.3. The van der Waals surface area contributed by atoms with Crippen molar-refractivity contribution >= 4 is 221 Å². The highest BCUT2D eigenvalue weighted by molar-refractivity contribution is 6.35. The second-order valence-corrected chi connectivity index (χ2v) is 31.9. The molecule has 0 radical (unpaired) electrons. The number of hydrogen-bond donors (Lipinski definition) is 0. The second-order valence-electron chi connectivity index (χ2n) is 31.9. The van der Waals surface area contributed by atoms with Crippen molar-refractivity contribution in [2.75, 3.05) is 19.6 Å². The van der Waals surface area contributed by atoms with E-state index in [9.17, 15) is 0 Å². The summed E-state index contributed by atoms with van der Waals surface area (Å²) >= 11 is 0. The van der Waals surface area contributed by atoms with Crippen LogP contribution in [0, 0.1) is 6.92 Å². The minimum absolute atomic E-state index is 0.676. The van der Waals surface area contributed by atoms with Gasteiger partial charge < -0.3 is 37.2 Å². The Morgan fingerprint density at radius 3 is 0.831 bits per heavy atom. The maximum Gasteiger partial charge on any atom is 0.0641 e. The highest BCUT2D eigenvalue weighted by atomic mass is 15.2. The van der Waals surface area contributed by atoms with E-state index >= 15 is 0 Å². The summed E-state index contributed by atoms with van der Waals surface area (Å²) in [4.78, 5) is 9.91. The predicted octanol–water partition coefficient (Wildman–Crippen LogP) is 30.1. The molecule has 18 aromatic carbocycles. The van der Waals surface area contributed by atoms with E-state index in [1.165, 1.54) is 169 Å². The van der Waals surface area contributed by atoms with Crippen LogP contribution in [0.5, 0.6) is 0 Å².